The van der Waals surface area contributed by atoms with Gasteiger partial charge in [0.25, 0.3) is 0 Å². The van der Waals surface area contributed by atoms with Crippen molar-refractivity contribution in [3.05, 3.63) is 17.8 Å². The van der Waals surface area contributed by atoms with Gasteiger partial charge in [-0.15, -0.1) is 11.6 Å². The standard InChI is InChI=1S/C9H14ClNO/c1-4-9(2,3)7-6-11-8(5-10)12-7/h6H,4-5H2,1-3H3. The summed E-state index contributed by atoms with van der Waals surface area (Å²) < 4.78 is 5.45. The zero-order valence-electron chi connectivity index (χ0n) is 7.72. The van der Waals surface area contributed by atoms with Crippen LogP contribution in [0.5, 0.6) is 0 Å². The van der Waals surface area contributed by atoms with Crippen molar-refractivity contribution in [2.45, 2.75) is 38.5 Å². The quantitative estimate of drug-likeness (QED) is 0.680. The highest BCUT2D eigenvalue weighted by Crippen LogP contribution is 2.27. The van der Waals surface area contributed by atoms with Gasteiger partial charge in [-0.1, -0.05) is 20.8 Å². The molecular formula is C9H14ClNO. The van der Waals surface area contributed by atoms with Crippen LogP contribution >= 0.6 is 11.6 Å². The van der Waals surface area contributed by atoms with Gasteiger partial charge in [0.05, 0.1) is 12.1 Å². The predicted octanol–water partition coefficient (Wildman–Crippen LogP) is 3.10. The number of aromatic nitrogens is 1. The maximum atomic E-state index is 5.58. The van der Waals surface area contributed by atoms with Crippen LogP contribution in [0, 0.1) is 0 Å². The zero-order chi connectivity index (χ0) is 9.19. The van der Waals surface area contributed by atoms with Gasteiger partial charge in [0.15, 0.2) is 0 Å². The van der Waals surface area contributed by atoms with Crippen LogP contribution in [0.2, 0.25) is 0 Å². The molecule has 0 saturated carbocycles. The van der Waals surface area contributed by atoms with E-state index in [0.29, 0.717) is 11.8 Å². The van der Waals surface area contributed by atoms with Crippen LogP contribution in [-0.2, 0) is 11.3 Å². The lowest BCUT2D eigenvalue weighted by Crippen LogP contribution is -2.13. The van der Waals surface area contributed by atoms with Crippen LogP contribution in [-0.4, -0.2) is 4.98 Å². The molecule has 0 unspecified atom stereocenters. The van der Waals surface area contributed by atoms with Crippen LogP contribution in [0.4, 0.5) is 0 Å². The minimum atomic E-state index is 0.0668. The van der Waals surface area contributed by atoms with Crippen LogP contribution in [0.1, 0.15) is 38.8 Å². The van der Waals surface area contributed by atoms with Crippen molar-refractivity contribution in [3.63, 3.8) is 0 Å². The van der Waals surface area contributed by atoms with Crippen molar-refractivity contribution in [1.82, 2.24) is 4.98 Å². The van der Waals surface area contributed by atoms with Gasteiger partial charge < -0.3 is 4.42 Å². The minimum absolute atomic E-state index is 0.0668. The third-order valence-electron chi connectivity index (χ3n) is 2.22. The first-order valence-corrected chi connectivity index (χ1v) is 4.64. The molecule has 0 spiro atoms. The van der Waals surface area contributed by atoms with E-state index in [1.54, 1.807) is 6.20 Å². The number of oxazole rings is 1. The predicted molar refractivity (Wildman–Crippen MR) is 49.4 cm³/mol. The van der Waals surface area contributed by atoms with Gasteiger partial charge in [0.1, 0.15) is 5.76 Å². The maximum absolute atomic E-state index is 5.58. The molecule has 0 aliphatic heterocycles. The Kier molecular flexibility index (Phi) is 2.78. The summed E-state index contributed by atoms with van der Waals surface area (Å²) in [5.41, 5.74) is 0.0668. The highest BCUT2D eigenvalue weighted by Gasteiger charge is 2.22. The second-order valence-corrected chi connectivity index (χ2v) is 3.76. The molecule has 12 heavy (non-hydrogen) atoms. The minimum Gasteiger partial charge on any atom is -0.444 e. The monoisotopic (exact) mass is 187 g/mol. The average molecular weight is 188 g/mol. The van der Waals surface area contributed by atoms with E-state index in [0.717, 1.165) is 12.2 Å². The largest absolute Gasteiger partial charge is 0.444 e. The fourth-order valence-corrected chi connectivity index (χ4v) is 0.983. The van der Waals surface area contributed by atoms with Crippen LogP contribution in [0.3, 0.4) is 0 Å². The van der Waals surface area contributed by atoms with E-state index in [2.05, 4.69) is 25.8 Å². The molecule has 2 nitrogen and oxygen atoms in total. The Morgan fingerprint density at radius 3 is 2.67 bits per heavy atom. The van der Waals surface area contributed by atoms with E-state index in [4.69, 9.17) is 16.0 Å². The van der Waals surface area contributed by atoms with Gasteiger partial charge in [-0.25, -0.2) is 4.98 Å². The normalized spacial score (nSPS) is 12.0. The molecule has 0 aliphatic carbocycles. The van der Waals surface area contributed by atoms with Gasteiger partial charge >= 0.3 is 0 Å². The number of hydrogen-bond donors (Lipinski definition) is 0. The topological polar surface area (TPSA) is 26.0 Å². The van der Waals surface area contributed by atoms with Crippen molar-refractivity contribution in [2.75, 3.05) is 0 Å². The molecule has 0 saturated heterocycles. The Balaban J connectivity index is 2.88. The smallest absolute Gasteiger partial charge is 0.209 e. The Morgan fingerprint density at radius 2 is 2.25 bits per heavy atom. The number of nitrogens with zero attached hydrogens (tertiary/aromatic N) is 1. The molecule has 0 aromatic carbocycles. The summed E-state index contributed by atoms with van der Waals surface area (Å²) in [6.45, 7) is 6.39. The highest BCUT2D eigenvalue weighted by atomic mass is 35.5. The lowest BCUT2D eigenvalue weighted by molar-refractivity contribution is 0.361. The summed E-state index contributed by atoms with van der Waals surface area (Å²) in [4.78, 5) is 4.05. The molecule has 1 aromatic rings. The molecule has 0 fully saturated rings. The molecule has 1 heterocycles. The van der Waals surface area contributed by atoms with Crippen LogP contribution in [0.15, 0.2) is 10.6 Å². The molecule has 0 atom stereocenters. The molecule has 0 N–H and O–H groups in total. The number of rotatable bonds is 3. The first-order valence-electron chi connectivity index (χ1n) is 4.11. The molecule has 0 bridgehead atoms. The molecule has 0 amide bonds. The maximum Gasteiger partial charge on any atom is 0.209 e. The Morgan fingerprint density at radius 1 is 1.58 bits per heavy atom. The van der Waals surface area contributed by atoms with Gasteiger partial charge in [0, 0.05) is 5.41 Å². The van der Waals surface area contributed by atoms with E-state index in [-0.39, 0.29) is 5.41 Å². The lowest BCUT2D eigenvalue weighted by atomic mass is 9.88. The average Bonchev–Trinajstić information content (AvgIpc) is 2.52. The van der Waals surface area contributed by atoms with Crippen molar-refractivity contribution < 1.29 is 4.42 Å². The van der Waals surface area contributed by atoms with Crippen LogP contribution in [0.25, 0.3) is 0 Å². The van der Waals surface area contributed by atoms with E-state index in [1.165, 1.54) is 0 Å². The van der Waals surface area contributed by atoms with E-state index in [9.17, 15) is 0 Å². The molecule has 1 aromatic heterocycles. The summed E-state index contributed by atoms with van der Waals surface area (Å²) in [6, 6.07) is 0. The molecule has 1 rings (SSSR count). The number of halogens is 1. The lowest BCUT2D eigenvalue weighted by Gasteiger charge is -2.18. The van der Waals surface area contributed by atoms with Crippen molar-refractivity contribution in [3.8, 4) is 0 Å². The summed E-state index contributed by atoms with van der Waals surface area (Å²) >= 11 is 5.58. The fraction of sp³-hybridized carbons (Fsp3) is 0.667. The van der Waals surface area contributed by atoms with E-state index in [1.807, 2.05) is 0 Å². The molecular weight excluding hydrogens is 174 g/mol. The molecule has 0 aliphatic rings. The van der Waals surface area contributed by atoms with Crippen LogP contribution < -0.4 is 0 Å². The van der Waals surface area contributed by atoms with Gasteiger partial charge in [-0.3, -0.25) is 0 Å². The first-order chi connectivity index (χ1) is 5.60. The highest BCUT2D eigenvalue weighted by molar-refractivity contribution is 6.16. The van der Waals surface area contributed by atoms with E-state index < -0.39 is 0 Å². The van der Waals surface area contributed by atoms with Crippen molar-refractivity contribution in [2.24, 2.45) is 0 Å². The summed E-state index contributed by atoms with van der Waals surface area (Å²) in [5.74, 6) is 1.87. The second-order valence-electron chi connectivity index (χ2n) is 3.49. The van der Waals surface area contributed by atoms with Gasteiger partial charge in [0.2, 0.25) is 5.89 Å². The summed E-state index contributed by atoms with van der Waals surface area (Å²) in [5, 5.41) is 0. The summed E-state index contributed by atoms with van der Waals surface area (Å²) in [7, 11) is 0. The molecule has 0 radical (unpaired) electrons. The first kappa shape index (κ1) is 9.59. The van der Waals surface area contributed by atoms with Crippen molar-refractivity contribution >= 4 is 11.6 Å². The van der Waals surface area contributed by atoms with E-state index >= 15 is 0 Å². The third kappa shape index (κ3) is 1.81. The number of hydrogen-bond acceptors (Lipinski definition) is 2. The SMILES string of the molecule is CCC(C)(C)c1cnc(CCl)o1. The Hall–Kier alpha value is -0.500. The molecule has 3 heteroatoms. The Bertz CT molecular complexity index is 255. The fourth-order valence-electron chi connectivity index (χ4n) is 0.859. The second kappa shape index (κ2) is 3.48. The zero-order valence-corrected chi connectivity index (χ0v) is 8.48. The van der Waals surface area contributed by atoms with Crippen molar-refractivity contribution in [1.29, 1.82) is 0 Å². The molecule has 68 valence electrons. The summed E-state index contributed by atoms with van der Waals surface area (Å²) in [6.07, 6.45) is 2.80. The van der Waals surface area contributed by atoms with Gasteiger partial charge in [-0.2, -0.15) is 0 Å². The Labute approximate surface area is 77.9 Å². The van der Waals surface area contributed by atoms with Gasteiger partial charge in [-0.05, 0) is 6.42 Å². The third-order valence-corrected chi connectivity index (χ3v) is 2.45. The number of alkyl halides is 1.